The SMILES string of the molecule is CC1(C)c2ccc(cc2)-c2cnc3c(c2)c2ccccc2c2ccccc2c2cccc4c5ccc(cc5n3c24)Oc2cccc(c2)N2CN(c3ccccc32)c2c(cccc2-c2ccccc2)C2=CC=CC1C=C2. The van der Waals surface area contributed by atoms with E-state index in [1.54, 1.807) is 0 Å². The number of pyridine rings is 1. The number of ether oxygens (including phenoxy) is 1. The van der Waals surface area contributed by atoms with E-state index < -0.39 is 0 Å². The molecule has 1 atom stereocenters. The highest BCUT2D eigenvalue weighted by atomic mass is 16.5. The van der Waals surface area contributed by atoms with Gasteiger partial charge < -0.3 is 14.5 Å². The number of benzene rings is 9. The summed E-state index contributed by atoms with van der Waals surface area (Å²) < 4.78 is 9.40. The molecule has 0 saturated heterocycles. The molecule has 5 aliphatic rings. The maximum atomic E-state index is 7.01. The first-order chi connectivity index (χ1) is 36.9. The fraction of sp³-hybridized carbons (Fsp3) is 0.0714. The molecule has 9 aromatic carbocycles. The van der Waals surface area contributed by atoms with E-state index in [9.17, 15) is 0 Å². The lowest BCUT2D eigenvalue weighted by Crippen LogP contribution is -2.26. The van der Waals surface area contributed by atoms with E-state index in [1.807, 2.05) is 0 Å². The van der Waals surface area contributed by atoms with Crippen LogP contribution in [-0.4, -0.2) is 16.1 Å². The largest absolute Gasteiger partial charge is 0.457 e. The van der Waals surface area contributed by atoms with Gasteiger partial charge in [-0.3, -0.25) is 4.40 Å². The molecule has 0 radical (unpaired) electrons. The zero-order valence-corrected chi connectivity index (χ0v) is 41.7. The predicted octanol–water partition coefficient (Wildman–Crippen LogP) is 18.5. The van der Waals surface area contributed by atoms with Crippen molar-refractivity contribution in [2.75, 3.05) is 16.5 Å². The van der Waals surface area contributed by atoms with Gasteiger partial charge in [0.2, 0.25) is 0 Å². The van der Waals surface area contributed by atoms with E-state index in [2.05, 4.69) is 277 Å². The zero-order valence-electron chi connectivity index (χ0n) is 41.7. The van der Waals surface area contributed by atoms with Crippen LogP contribution in [0, 0.1) is 5.92 Å². The molecule has 17 rings (SSSR count). The topological polar surface area (TPSA) is 33.0 Å². The van der Waals surface area contributed by atoms with Gasteiger partial charge in [0, 0.05) is 68.2 Å². The summed E-state index contributed by atoms with van der Waals surface area (Å²) in [5, 5.41) is 9.20. The van der Waals surface area contributed by atoms with E-state index in [-0.39, 0.29) is 11.3 Å². The van der Waals surface area contributed by atoms with Crippen molar-refractivity contribution in [1.82, 2.24) is 9.38 Å². The molecule has 0 spiro atoms. The molecule has 3 aromatic heterocycles. The van der Waals surface area contributed by atoms with Crippen molar-refractivity contribution in [1.29, 1.82) is 0 Å². The first-order valence-corrected chi connectivity index (χ1v) is 26.0. The summed E-state index contributed by atoms with van der Waals surface area (Å²) in [6.45, 7) is 5.34. The van der Waals surface area contributed by atoms with Gasteiger partial charge in [-0.15, -0.1) is 0 Å². The molecule has 14 bridgehead atoms. The maximum absolute atomic E-state index is 7.01. The molecule has 7 heterocycles. The molecular formula is C70H50N4O. The van der Waals surface area contributed by atoms with Gasteiger partial charge >= 0.3 is 0 Å². The average Bonchev–Trinajstić information content (AvgIpc) is 3.90. The summed E-state index contributed by atoms with van der Waals surface area (Å²) in [6, 6.07) is 77.4. The Morgan fingerprint density at radius 1 is 0.493 bits per heavy atom. The normalized spacial score (nSPS) is 15.5. The van der Waals surface area contributed by atoms with Gasteiger partial charge in [-0.1, -0.05) is 202 Å². The number of allylic oxidation sites excluding steroid dienone is 6. The van der Waals surface area contributed by atoms with Gasteiger partial charge in [-0.25, -0.2) is 4.98 Å². The Balaban J connectivity index is 0.996. The summed E-state index contributed by atoms with van der Waals surface area (Å²) >= 11 is 0. The van der Waals surface area contributed by atoms with Crippen LogP contribution < -0.4 is 14.5 Å². The standard InChI is InChI=1S/C70H50N4O/c1-70(2)49-19-12-18-47(34-37-49)55-27-14-26-54(46-16-4-3-5-17-46)67(55)73-44-72(64-30-10-11-31-65(64)73)51-20-13-21-52(41-51)75-53-38-39-60-62-29-15-28-61-58-24-8-6-22-56(58)57-23-7-9-25-59(57)63-40-48(45-32-35-50(70)36-33-45)43-71-69(63)74(68(61)62)66(60)42-53/h3-43,49H,44H2,1-2H3. The maximum Gasteiger partial charge on any atom is 0.145 e. The third-order valence-corrected chi connectivity index (χ3v) is 16.2. The summed E-state index contributed by atoms with van der Waals surface area (Å²) in [6.07, 6.45) is 13.7. The molecule has 1 aliphatic carbocycles. The second-order valence-electron chi connectivity index (χ2n) is 20.7. The number of rotatable bonds is 1. The first-order valence-electron chi connectivity index (χ1n) is 26.0. The molecule has 4 aliphatic heterocycles. The number of fused-ring (bicyclic) bond motifs is 7. The minimum Gasteiger partial charge on any atom is -0.457 e. The highest BCUT2D eigenvalue weighted by molar-refractivity contribution is 6.25. The van der Waals surface area contributed by atoms with Crippen molar-refractivity contribution in [3.63, 3.8) is 0 Å². The highest BCUT2D eigenvalue weighted by Gasteiger charge is 2.33. The lowest BCUT2D eigenvalue weighted by Gasteiger charge is -2.31. The number of nitrogens with zero attached hydrogens (tertiary/aromatic N) is 4. The molecule has 356 valence electrons. The Kier molecular flexibility index (Phi) is 9.67. The van der Waals surface area contributed by atoms with Crippen molar-refractivity contribution >= 4 is 88.1 Å². The van der Waals surface area contributed by atoms with Crippen LogP contribution in [0.1, 0.15) is 25.0 Å². The molecule has 0 saturated carbocycles. The Bertz CT molecular complexity index is 4470. The molecule has 5 nitrogen and oxygen atoms in total. The average molecular weight is 963 g/mol. The van der Waals surface area contributed by atoms with E-state index in [0.717, 1.165) is 83.3 Å². The zero-order chi connectivity index (χ0) is 49.8. The van der Waals surface area contributed by atoms with Crippen LogP contribution in [0.3, 0.4) is 0 Å². The van der Waals surface area contributed by atoms with Gasteiger partial charge in [-0.05, 0) is 91.7 Å². The Hall–Kier alpha value is -9.45. The second kappa shape index (κ2) is 16.8. The monoisotopic (exact) mass is 962 g/mol. The van der Waals surface area contributed by atoms with Crippen LogP contribution in [0.5, 0.6) is 11.5 Å². The fourth-order valence-electron chi connectivity index (χ4n) is 12.4. The molecule has 1 unspecified atom stereocenters. The molecule has 0 fully saturated rings. The van der Waals surface area contributed by atoms with E-state index in [4.69, 9.17) is 9.72 Å². The molecule has 75 heavy (non-hydrogen) atoms. The van der Waals surface area contributed by atoms with E-state index >= 15 is 0 Å². The Morgan fingerprint density at radius 3 is 1.92 bits per heavy atom. The van der Waals surface area contributed by atoms with Gasteiger partial charge in [-0.2, -0.15) is 0 Å². The molecular weight excluding hydrogens is 913 g/mol. The summed E-state index contributed by atoms with van der Waals surface area (Å²) in [7, 11) is 0. The molecule has 12 aromatic rings. The van der Waals surface area contributed by atoms with E-state index in [0.29, 0.717) is 6.67 Å². The van der Waals surface area contributed by atoms with Crippen LogP contribution in [0.15, 0.2) is 249 Å². The van der Waals surface area contributed by atoms with E-state index in [1.165, 1.54) is 49.7 Å². The van der Waals surface area contributed by atoms with Crippen LogP contribution in [0.2, 0.25) is 0 Å². The number of para-hydroxylation sites is 4. The summed E-state index contributed by atoms with van der Waals surface area (Å²) in [5.74, 6) is 1.63. The van der Waals surface area contributed by atoms with Gasteiger partial charge in [0.15, 0.2) is 0 Å². The first kappa shape index (κ1) is 43.2. The van der Waals surface area contributed by atoms with Crippen LogP contribution in [0.25, 0.3) is 87.6 Å². The number of hydrogen-bond donors (Lipinski definition) is 0. The molecule has 0 amide bonds. The van der Waals surface area contributed by atoms with Crippen molar-refractivity contribution in [2.45, 2.75) is 19.3 Å². The number of aromatic nitrogens is 2. The Labute approximate surface area is 435 Å². The molecule has 0 N–H and O–H groups in total. The van der Waals surface area contributed by atoms with Gasteiger partial charge in [0.1, 0.15) is 23.8 Å². The Morgan fingerprint density at radius 2 is 1.13 bits per heavy atom. The second-order valence-corrected chi connectivity index (χ2v) is 20.7. The van der Waals surface area contributed by atoms with Crippen molar-refractivity contribution in [3.8, 4) is 33.8 Å². The quantitative estimate of drug-likeness (QED) is 0.164. The predicted molar refractivity (Wildman–Crippen MR) is 314 cm³/mol. The third-order valence-electron chi connectivity index (χ3n) is 16.2. The number of anilines is 4. The minimum atomic E-state index is -0.219. The van der Waals surface area contributed by atoms with Gasteiger partial charge in [0.05, 0.1) is 28.1 Å². The van der Waals surface area contributed by atoms with Crippen molar-refractivity contribution < 1.29 is 4.74 Å². The number of hydrogen-bond acceptors (Lipinski definition) is 4. The summed E-state index contributed by atoms with van der Waals surface area (Å²) in [4.78, 5) is 10.4. The van der Waals surface area contributed by atoms with Crippen LogP contribution in [0.4, 0.5) is 22.7 Å². The lowest BCUT2D eigenvalue weighted by molar-refractivity contribution is 0.445. The summed E-state index contributed by atoms with van der Waals surface area (Å²) in [5.41, 5.74) is 15.4. The van der Waals surface area contributed by atoms with Crippen molar-refractivity contribution in [3.05, 3.63) is 260 Å². The smallest absolute Gasteiger partial charge is 0.145 e. The minimum absolute atomic E-state index is 0.131. The van der Waals surface area contributed by atoms with Crippen LogP contribution in [-0.2, 0) is 5.41 Å². The van der Waals surface area contributed by atoms with Crippen molar-refractivity contribution in [2.24, 2.45) is 5.92 Å². The lowest BCUT2D eigenvalue weighted by atomic mass is 9.73. The fourth-order valence-corrected chi connectivity index (χ4v) is 12.4. The third kappa shape index (κ3) is 6.81. The van der Waals surface area contributed by atoms with Crippen LogP contribution >= 0.6 is 0 Å². The van der Waals surface area contributed by atoms with Gasteiger partial charge in [0.25, 0.3) is 0 Å². The highest BCUT2D eigenvalue weighted by Crippen LogP contribution is 2.50. The molecule has 5 heteroatoms.